The third kappa shape index (κ3) is 4.61. The first-order chi connectivity index (χ1) is 7.56. The van der Waals surface area contributed by atoms with Gasteiger partial charge < -0.3 is 10.6 Å². The Labute approximate surface area is 115 Å². The van der Waals surface area contributed by atoms with E-state index in [1.807, 2.05) is 6.92 Å². The molecule has 0 saturated carbocycles. The molecule has 0 bridgehead atoms. The van der Waals surface area contributed by atoms with Gasteiger partial charge in [0.2, 0.25) is 0 Å². The SMILES string of the molecule is CNC(C)CNC(=O)c1c(F)cccc1Br.Cl. The highest BCUT2D eigenvalue weighted by atomic mass is 79.9. The second-order valence-electron chi connectivity index (χ2n) is 3.50. The van der Waals surface area contributed by atoms with E-state index < -0.39 is 11.7 Å². The van der Waals surface area contributed by atoms with Gasteiger partial charge in [-0.15, -0.1) is 12.4 Å². The number of hydrogen-bond donors (Lipinski definition) is 2. The predicted molar refractivity (Wildman–Crippen MR) is 72.2 cm³/mol. The van der Waals surface area contributed by atoms with E-state index in [1.54, 1.807) is 19.2 Å². The van der Waals surface area contributed by atoms with Crippen LogP contribution in [0.5, 0.6) is 0 Å². The highest BCUT2D eigenvalue weighted by Crippen LogP contribution is 2.19. The molecule has 0 saturated heterocycles. The maximum Gasteiger partial charge on any atom is 0.255 e. The number of nitrogens with one attached hydrogen (secondary N) is 2. The van der Waals surface area contributed by atoms with E-state index in [4.69, 9.17) is 0 Å². The van der Waals surface area contributed by atoms with Crippen molar-refractivity contribution in [2.24, 2.45) is 0 Å². The minimum Gasteiger partial charge on any atom is -0.350 e. The summed E-state index contributed by atoms with van der Waals surface area (Å²) in [7, 11) is 1.80. The first-order valence-corrected chi connectivity index (χ1v) is 5.75. The molecule has 1 amide bonds. The van der Waals surface area contributed by atoms with Gasteiger partial charge in [0.15, 0.2) is 0 Å². The fourth-order valence-electron chi connectivity index (χ4n) is 1.15. The van der Waals surface area contributed by atoms with Crippen LogP contribution >= 0.6 is 28.3 Å². The Hall–Kier alpha value is -0.650. The van der Waals surface area contributed by atoms with Gasteiger partial charge in [0.25, 0.3) is 5.91 Å². The third-order valence-electron chi connectivity index (χ3n) is 2.25. The summed E-state index contributed by atoms with van der Waals surface area (Å²) in [6.45, 7) is 2.38. The van der Waals surface area contributed by atoms with Crippen LogP contribution in [-0.4, -0.2) is 25.5 Å². The standard InChI is InChI=1S/C11H14BrFN2O.ClH/c1-7(14-2)6-15-11(16)10-8(12)4-3-5-9(10)13;/h3-5,7,14H,6H2,1-2H3,(H,15,16);1H. The Kier molecular flexibility index (Phi) is 7.34. The molecule has 96 valence electrons. The molecule has 3 nitrogen and oxygen atoms in total. The van der Waals surface area contributed by atoms with Crippen molar-refractivity contribution in [3.8, 4) is 0 Å². The lowest BCUT2D eigenvalue weighted by atomic mass is 10.2. The molecular weight excluding hydrogens is 310 g/mol. The maximum atomic E-state index is 13.4. The van der Waals surface area contributed by atoms with E-state index >= 15 is 0 Å². The number of likely N-dealkylation sites (N-methyl/N-ethyl adjacent to an activating group) is 1. The lowest BCUT2D eigenvalue weighted by Gasteiger charge is -2.12. The molecule has 1 aromatic rings. The Bertz CT molecular complexity index is 369. The van der Waals surface area contributed by atoms with Crippen molar-refractivity contribution >= 4 is 34.2 Å². The van der Waals surface area contributed by atoms with Crippen molar-refractivity contribution in [1.82, 2.24) is 10.6 Å². The van der Waals surface area contributed by atoms with Gasteiger partial charge in [-0.1, -0.05) is 6.07 Å². The molecule has 1 atom stereocenters. The maximum absolute atomic E-state index is 13.4. The van der Waals surface area contributed by atoms with Gasteiger partial charge in [-0.3, -0.25) is 4.79 Å². The molecule has 0 aliphatic rings. The van der Waals surface area contributed by atoms with E-state index in [-0.39, 0.29) is 24.0 Å². The summed E-state index contributed by atoms with van der Waals surface area (Å²) in [5, 5.41) is 5.64. The molecule has 17 heavy (non-hydrogen) atoms. The Morgan fingerprint density at radius 1 is 1.53 bits per heavy atom. The van der Waals surface area contributed by atoms with E-state index in [0.29, 0.717) is 11.0 Å². The number of carbonyl (C=O) groups is 1. The summed E-state index contributed by atoms with van der Waals surface area (Å²) >= 11 is 3.16. The molecule has 0 spiro atoms. The van der Waals surface area contributed by atoms with Gasteiger partial charge in [0.05, 0.1) is 5.56 Å². The number of hydrogen-bond acceptors (Lipinski definition) is 2. The Morgan fingerprint density at radius 2 is 2.18 bits per heavy atom. The molecule has 6 heteroatoms. The van der Waals surface area contributed by atoms with Gasteiger partial charge in [0, 0.05) is 17.1 Å². The molecule has 1 rings (SSSR count). The lowest BCUT2D eigenvalue weighted by Crippen LogP contribution is -2.37. The molecule has 1 aromatic carbocycles. The first kappa shape index (κ1) is 16.4. The van der Waals surface area contributed by atoms with E-state index in [0.717, 1.165) is 0 Å². The smallest absolute Gasteiger partial charge is 0.255 e. The number of rotatable bonds is 4. The van der Waals surface area contributed by atoms with Crippen LogP contribution in [0.15, 0.2) is 22.7 Å². The zero-order chi connectivity index (χ0) is 12.1. The summed E-state index contributed by atoms with van der Waals surface area (Å²) in [6.07, 6.45) is 0. The van der Waals surface area contributed by atoms with E-state index in [1.165, 1.54) is 6.07 Å². The second kappa shape index (κ2) is 7.63. The van der Waals surface area contributed by atoms with Crippen molar-refractivity contribution in [2.45, 2.75) is 13.0 Å². The average Bonchev–Trinajstić information content (AvgIpc) is 2.25. The molecule has 0 aliphatic heterocycles. The van der Waals surface area contributed by atoms with Gasteiger partial charge in [-0.05, 0) is 42.0 Å². The monoisotopic (exact) mass is 324 g/mol. The number of carbonyl (C=O) groups excluding carboxylic acids is 1. The summed E-state index contributed by atoms with van der Waals surface area (Å²) in [5.41, 5.74) is 0.0470. The van der Waals surface area contributed by atoms with Crippen LogP contribution in [0.2, 0.25) is 0 Å². The molecule has 1 unspecified atom stereocenters. The first-order valence-electron chi connectivity index (χ1n) is 4.95. The topological polar surface area (TPSA) is 41.1 Å². The Morgan fingerprint density at radius 3 is 2.71 bits per heavy atom. The van der Waals surface area contributed by atoms with Crippen LogP contribution in [0.3, 0.4) is 0 Å². The molecule has 0 heterocycles. The zero-order valence-electron chi connectivity index (χ0n) is 9.59. The Balaban J connectivity index is 0.00000256. The lowest BCUT2D eigenvalue weighted by molar-refractivity contribution is 0.0945. The van der Waals surface area contributed by atoms with Crippen LogP contribution in [0.25, 0.3) is 0 Å². The normalized spacial score (nSPS) is 11.5. The fraction of sp³-hybridized carbons (Fsp3) is 0.364. The summed E-state index contributed by atoms with van der Waals surface area (Å²) in [5.74, 6) is -0.934. The molecule has 0 aliphatic carbocycles. The highest BCUT2D eigenvalue weighted by molar-refractivity contribution is 9.10. The molecule has 0 fully saturated rings. The number of halogens is 3. The van der Waals surface area contributed by atoms with Crippen molar-refractivity contribution in [3.05, 3.63) is 34.1 Å². The average molecular weight is 326 g/mol. The summed E-state index contributed by atoms with van der Waals surface area (Å²) in [4.78, 5) is 11.7. The van der Waals surface area contributed by atoms with E-state index in [9.17, 15) is 9.18 Å². The van der Waals surface area contributed by atoms with Crippen LogP contribution in [0.4, 0.5) is 4.39 Å². The highest BCUT2D eigenvalue weighted by Gasteiger charge is 2.15. The van der Waals surface area contributed by atoms with Crippen LogP contribution in [-0.2, 0) is 0 Å². The largest absolute Gasteiger partial charge is 0.350 e. The summed E-state index contributed by atoms with van der Waals surface area (Å²) < 4.78 is 13.9. The molecule has 0 radical (unpaired) electrons. The molecule has 2 N–H and O–H groups in total. The zero-order valence-corrected chi connectivity index (χ0v) is 12.0. The number of amides is 1. The quantitative estimate of drug-likeness (QED) is 0.892. The van der Waals surface area contributed by atoms with Gasteiger partial charge in [0.1, 0.15) is 5.82 Å². The number of benzene rings is 1. The van der Waals surface area contributed by atoms with Crippen LogP contribution in [0, 0.1) is 5.82 Å². The minimum atomic E-state index is -0.524. The van der Waals surface area contributed by atoms with Crippen molar-refractivity contribution in [2.75, 3.05) is 13.6 Å². The van der Waals surface area contributed by atoms with Gasteiger partial charge in [-0.2, -0.15) is 0 Å². The van der Waals surface area contributed by atoms with Crippen LogP contribution in [0.1, 0.15) is 17.3 Å². The molecular formula is C11H15BrClFN2O. The van der Waals surface area contributed by atoms with Crippen molar-refractivity contribution in [3.63, 3.8) is 0 Å². The predicted octanol–water partition coefficient (Wildman–Crippen LogP) is 2.35. The molecule has 0 aromatic heterocycles. The minimum absolute atomic E-state index is 0. The second-order valence-corrected chi connectivity index (χ2v) is 4.35. The third-order valence-corrected chi connectivity index (χ3v) is 2.91. The van der Waals surface area contributed by atoms with Crippen molar-refractivity contribution < 1.29 is 9.18 Å². The van der Waals surface area contributed by atoms with Crippen molar-refractivity contribution in [1.29, 1.82) is 0 Å². The van der Waals surface area contributed by atoms with Crippen LogP contribution < -0.4 is 10.6 Å². The van der Waals surface area contributed by atoms with Gasteiger partial charge >= 0.3 is 0 Å². The van der Waals surface area contributed by atoms with Gasteiger partial charge in [-0.25, -0.2) is 4.39 Å². The summed E-state index contributed by atoms with van der Waals surface area (Å²) in [6, 6.07) is 4.60. The van der Waals surface area contributed by atoms with E-state index in [2.05, 4.69) is 26.6 Å². The fourth-order valence-corrected chi connectivity index (χ4v) is 1.67.